The maximum absolute atomic E-state index is 12.4. The van der Waals surface area contributed by atoms with Gasteiger partial charge in [0.25, 0.3) is 0 Å². The van der Waals surface area contributed by atoms with Crippen LogP contribution in [-0.2, 0) is 14.4 Å². The zero-order chi connectivity index (χ0) is 18.0. The molecule has 1 aliphatic heterocycles. The fourth-order valence-corrected chi connectivity index (χ4v) is 4.44. The highest BCUT2D eigenvalue weighted by Crippen LogP contribution is 2.35. The van der Waals surface area contributed by atoms with Crippen molar-refractivity contribution in [3.8, 4) is 0 Å². The molecule has 1 fully saturated rings. The molecular formula is C17H22N4O3S. The van der Waals surface area contributed by atoms with Crippen molar-refractivity contribution in [2.24, 2.45) is 11.8 Å². The van der Waals surface area contributed by atoms with E-state index in [-0.39, 0.29) is 30.2 Å². The van der Waals surface area contributed by atoms with Crippen LogP contribution in [-0.4, -0.2) is 39.4 Å². The third-order valence-electron chi connectivity index (χ3n) is 4.92. The van der Waals surface area contributed by atoms with Crippen LogP contribution in [0.2, 0.25) is 0 Å². The number of likely N-dealkylation sites (tertiary alicyclic amines) is 1. The molecular weight excluding hydrogens is 340 g/mol. The van der Waals surface area contributed by atoms with Crippen LogP contribution in [0.15, 0.2) is 12.2 Å². The summed E-state index contributed by atoms with van der Waals surface area (Å²) in [6.45, 7) is 3.92. The molecule has 1 aromatic rings. The van der Waals surface area contributed by atoms with E-state index < -0.39 is 5.91 Å². The van der Waals surface area contributed by atoms with Crippen molar-refractivity contribution in [1.82, 2.24) is 15.1 Å². The number of aromatic nitrogens is 2. The first-order chi connectivity index (χ1) is 12.0. The van der Waals surface area contributed by atoms with E-state index in [0.29, 0.717) is 23.9 Å². The molecule has 0 saturated carbocycles. The molecule has 0 spiro atoms. The second kappa shape index (κ2) is 7.43. The summed E-state index contributed by atoms with van der Waals surface area (Å²) in [5, 5.41) is 12.1. The summed E-state index contributed by atoms with van der Waals surface area (Å²) in [5.41, 5.74) is 0. The van der Waals surface area contributed by atoms with Gasteiger partial charge in [-0.05, 0) is 25.7 Å². The molecule has 0 radical (unpaired) electrons. The van der Waals surface area contributed by atoms with Crippen LogP contribution in [0.1, 0.15) is 50.5 Å². The molecule has 3 amide bonds. The molecule has 1 saturated heterocycles. The highest BCUT2D eigenvalue weighted by atomic mass is 32.1. The minimum absolute atomic E-state index is 0.246. The van der Waals surface area contributed by atoms with Gasteiger partial charge in [0, 0.05) is 5.92 Å². The van der Waals surface area contributed by atoms with Crippen molar-refractivity contribution in [3.05, 3.63) is 17.2 Å². The Morgan fingerprint density at radius 2 is 1.80 bits per heavy atom. The molecule has 2 atom stereocenters. The number of carbonyl (C=O) groups is 3. The minimum atomic E-state index is -0.416. The van der Waals surface area contributed by atoms with E-state index in [1.165, 1.54) is 11.3 Å². The van der Waals surface area contributed by atoms with Gasteiger partial charge in [-0.25, -0.2) is 0 Å². The molecule has 0 unspecified atom stereocenters. The molecule has 3 rings (SSSR count). The van der Waals surface area contributed by atoms with Gasteiger partial charge in [0.2, 0.25) is 22.9 Å². The van der Waals surface area contributed by atoms with Crippen molar-refractivity contribution >= 4 is 34.2 Å². The molecule has 134 valence electrons. The van der Waals surface area contributed by atoms with Crippen LogP contribution >= 0.6 is 11.3 Å². The van der Waals surface area contributed by atoms with E-state index in [1.807, 2.05) is 12.2 Å². The SMILES string of the molecule is CCC(CC)c1nnc(NC(=O)CN2C(=O)[C@@H]3CC=CC[C@H]3C2=O)s1. The fraction of sp³-hybridized carbons (Fsp3) is 0.588. The maximum atomic E-state index is 12.4. The number of carbonyl (C=O) groups excluding carboxylic acids is 3. The predicted octanol–water partition coefficient (Wildman–Crippen LogP) is 2.33. The van der Waals surface area contributed by atoms with Crippen LogP contribution in [0.5, 0.6) is 0 Å². The van der Waals surface area contributed by atoms with Gasteiger partial charge in [-0.15, -0.1) is 10.2 Å². The van der Waals surface area contributed by atoms with Gasteiger partial charge in [0.05, 0.1) is 11.8 Å². The lowest BCUT2D eigenvalue weighted by Crippen LogP contribution is -2.38. The summed E-state index contributed by atoms with van der Waals surface area (Å²) in [7, 11) is 0. The van der Waals surface area contributed by atoms with Gasteiger partial charge in [-0.1, -0.05) is 37.3 Å². The Morgan fingerprint density at radius 1 is 1.20 bits per heavy atom. The maximum Gasteiger partial charge on any atom is 0.246 e. The molecule has 8 heteroatoms. The zero-order valence-corrected chi connectivity index (χ0v) is 15.2. The number of imide groups is 1. The van der Waals surface area contributed by atoms with E-state index in [4.69, 9.17) is 0 Å². The highest BCUT2D eigenvalue weighted by Gasteiger charge is 2.47. The number of amides is 3. The van der Waals surface area contributed by atoms with Gasteiger partial charge in [-0.3, -0.25) is 24.6 Å². The van der Waals surface area contributed by atoms with E-state index in [0.717, 1.165) is 22.7 Å². The second-order valence-corrected chi connectivity index (χ2v) is 7.43. The number of hydrogen-bond acceptors (Lipinski definition) is 6. The normalized spacial score (nSPS) is 22.6. The highest BCUT2D eigenvalue weighted by molar-refractivity contribution is 7.15. The average Bonchev–Trinajstić information content (AvgIpc) is 3.16. The summed E-state index contributed by atoms with van der Waals surface area (Å²) in [5.74, 6) is -1.20. The number of allylic oxidation sites excluding steroid dienone is 2. The number of fused-ring (bicyclic) bond motifs is 1. The molecule has 1 N–H and O–H groups in total. The van der Waals surface area contributed by atoms with Gasteiger partial charge in [-0.2, -0.15) is 0 Å². The Hall–Kier alpha value is -2.09. The first-order valence-corrected chi connectivity index (χ1v) is 9.50. The minimum Gasteiger partial charge on any atom is -0.299 e. The Labute approximate surface area is 150 Å². The number of rotatable bonds is 6. The Kier molecular flexibility index (Phi) is 5.27. The number of nitrogens with one attached hydrogen (secondary N) is 1. The molecule has 7 nitrogen and oxygen atoms in total. The summed E-state index contributed by atoms with van der Waals surface area (Å²) in [6, 6.07) is 0. The third-order valence-corrected chi connectivity index (χ3v) is 5.92. The summed E-state index contributed by atoms with van der Waals surface area (Å²) in [4.78, 5) is 38.1. The van der Waals surface area contributed by atoms with E-state index in [1.54, 1.807) is 0 Å². The van der Waals surface area contributed by atoms with Crippen LogP contribution < -0.4 is 5.32 Å². The monoisotopic (exact) mass is 362 g/mol. The largest absolute Gasteiger partial charge is 0.299 e. The van der Waals surface area contributed by atoms with Crippen molar-refractivity contribution in [2.45, 2.75) is 45.4 Å². The van der Waals surface area contributed by atoms with Gasteiger partial charge in [0.1, 0.15) is 11.6 Å². The van der Waals surface area contributed by atoms with Crippen LogP contribution in [0.3, 0.4) is 0 Å². The van der Waals surface area contributed by atoms with E-state index >= 15 is 0 Å². The second-order valence-electron chi connectivity index (χ2n) is 6.43. The average molecular weight is 362 g/mol. The topological polar surface area (TPSA) is 92.3 Å². The van der Waals surface area contributed by atoms with Crippen molar-refractivity contribution < 1.29 is 14.4 Å². The van der Waals surface area contributed by atoms with Crippen molar-refractivity contribution in [3.63, 3.8) is 0 Å². The van der Waals surface area contributed by atoms with Gasteiger partial charge < -0.3 is 0 Å². The lowest BCUT2D eigenvalue weighted by Gasteiger charge is -2.14. The van der Waals surface area contributed by atoms with Gasteiger partial charge >= 0.3 is 0 Å². The lowest BCUT2D eigenvalue weighted by molar-refractivity contribution is -0.142. The van der Waals surface area contributed by atoms with Crippen LogP contribution in [0, 0.1) is 11.8 Å². The zero-order valence-electron chi connectivity index (χ0n) is 14.4. The summed E-state index contributed by atoms with van der Waals surface area (Å²) < 4.78 is 0. The summed E-state index contributed by atoms with van der Waals surface area (Å²) in [6.07, 6.45) is 6.93. The van der Waals surface area contributed by atoms with Crippen LogP contribution in [0.25, 0.3) is 0 Å². The number of nitrogens with zero attached hydrogens (tertiary/aromatic N) is 3. The first-order valence-electron chi connectivity index (χ1n) is 8.68. The Balaban J connectivity index is 1.61. The molecule has 0 aromatic carbocycles. The van der Waals surface area contributed by atoms with Crippen molar-refractivity contribution in [1.29, 1.82) is 0 Å². The molecule has 1 aliphatic carbocycles. The standard InChI is InChI=1S/C17H22N4O3S/c1-3-10(4-2)14-19-20-17(25-14)18-13(22)9-21-15(23)11-7-5-6-8-12(11)16(21)24/h5-6,10-12H,3-4,7-9H2,1-2H3,(H,18,20,22)/t11-,12-/m1/s1. The predicted molar refractivity (Wildman–Crippen MR) is 93.9 cm³/mol. The smallest absolute Gasteiger partial charge is 0.246 e. The third kappa shape index (κ3) is 3.49. The van der Waals surface area contributed by atoms with Crippen LogP contribution in [0.4, 0.5) is 5.13 Å². The molecule has 25 heavy (non-hydrogen) atoms. The molecule has 2 heterocycles. The fourth-order valence-electron chi connectivity index (χ4n) is 3.42. The molecule has 0 bridgehead atoms. The quantitative estimate of drug-likeness (QED) is 0.619. The van der Waals surface area contributed by atoms with Crippen molar-refractivity contribution in [2.75, 3.05) is 11.9 Å². The Bertz CT molecular complexity index is 685. The molecule has 1 aromatic heterocycles. The Morgan fingerprint density at radius 3 is 2.36 bits per heavy atom. The van der Waals surface area contributed by atoms with Gasteiger partial charge in [0.15, 0.2) is 0 Å². The number of hydrogen-bond donors (Lipinski definition) is 1. The lowest BCUT2D eigenvalue weighted by atomic mass is 9.85. The first kappa shape index (κ1) is 17.7. The molecule has 2 aliphatic rings. The number of anilines is 1. The van der Waals surface area contributed by atoms with E-state index in [9.17, 15) is 14.4 Å². The summed E-state index contributed by atoms with van der Waals surface area (Å²) >= 11 is 1.35. The van der Waals surface area contributed by atoms with E-state index in [2.05, 4.69) is 29.4 Å².